The Morgan fingerprint density at radius 1 is 1.18 bits per heavy atom. The van der Waals surface area contributed by atoms with Gasteiger partial charge in [-0.25, -0.2) is 0 Å². The zero-order valence-electron chi connectivity index (χ0n) is 13.4. The van der Waals surface area contributed by atoms with E-state index in [9.17, 15) is 14.4 Å². The van der Waals surface area contributed by atoms with Gasteiger partial charge in [0.05, 0.1) is 25.2 Å². The third-order valence-electron chi connectivity index (χ3n) is 4.78. The lowest BCUT2D eigenvalue weighted by Crippen LogP contribution is -2.54. The van der Waals surface area contributed by atoms with E-state index < -0.39 is 11.5 Å². The Morgan fingerprint density at radius 2 is 1.86 bits per heavy atom. The summed E-state index contributed by atoms with van der Waals surface area (Å²) in [6, 6.07) is 0. The Kier molecular flexibility index (Phi) is 5.42. The topological polar surface area (TPSA) is 72.9 Å². The van der Waals surface area contributed by atoms with Crippen LogP contribution < -0.4 is 0 Å². The number of likely N-dealkylation sites (tertiary alicyclic amines) is 1. The molecule has 6 heteroatoms. The number of carbonyl (C=O) groups is 3. The number of carbonyl (C=O) groups excluding carboxylic acids is 3. The number of hydrogen-bond acceptors (Lipinski definition) is 5. The van der Waals surface area contributed by atoms with Crippen molar-refractivity contribution in [2.45, 2.75) is 57.9 Å². The van der Waals surface area contributed by atoms with Gasteiger partial charge in [-0.3, -0.25) is 14.4 Å². The molecule has 1 heterocycles. The first-order valence-corrected chi connectivity index (χ1v) is 8.15. The Labute approximate surface area is 131 Å². The second-order valence-corrected chi connectivity index (χ2v) is 6.02. The molecule has 0 aromatic carbocycles. The summed E-state index contributed by atoms with van der Waals surface area (Å²) in [6.07, 6.45) is 4.29. The van der Waals surface area contributed by atoms with Crippen LogP contribution in [0.1, 0.15) is 52.4 Å². The lowest BCUT2D eigenvalue weighted by molar-refractivity contribution is -0.155. The minimum absolute atomic E-state index is 0.0516. The fraction of sp³-hybridized carbons (Fsp3) is 0.812. The molecule has 1 saturated heterocycles. The molecule has 0 radical (unpaired) electrons. The number of amides is 1. The molecule has 0 N–H and O–H groups in total. The summed E-state index contributed by atoms with van der Waals surface area (Å²) in [4.78, 5) is 37.9. The van der Waals surface area contributed by atoms with E-state index in [-0.39, 0.29) is 37.4 Å². The van der Waals surface area contributed by atoms with E-state index in [0.717, 1.165) is 25.7 Å². The molecule has 1 aliphatic heterocycles. The smallest absolute Gasteiger partial charge is 0.325 e. The maximum atomic E-state index is 12.4. The van der Waals surface area contributed by atoms with Crippen molar-refractivity contribution in [1.82, 2.24) is 4.90 Å². The predicted molar refractivity (Wildman–Crippen MR) is 78.9 cm³/mol. The van der Waals surface area contributed by atoms with Crippen molar-refractivity contribution in [2.75, 3.05) is 19.8 Å². The molecule has 0 spiro atoms. The van der Waals surface area contributed by atoms with E-state index in [4.69, 9.17) is 9.47 Å². The number of nitrogens with zero attached hydrogens (tertiary/aromatic N) is 1. The highest BCUT2D eigenvalue weighted by atomic mass is 16.5. The molecular weight excluding hydrogens is 286 g/mol. The minimum atomic E-state index is -0.561. The van der Waals surface area contributed by atoms with E-state index >= 15 is 0 Å². The summed E-state index contributed by atoms with van der Waals surface area (Å²) >= 11 is 0. The summed E-state index contributed by atoms with van der Waals surface area (Å²) < 4.78 is 10.1. The molecular formula is C16H25NO5. The molecule has 2 atom stereocenters. The van der Waals surface area contributed by atoms with Gasteiger partial charge in [-0.15, -0.1) is 0 Å². The van der Waals surface area contributed by atoms with Crippen LogP contribution in [0.25, 0.3) is 0 Å². The maximum Gasteiger partial charge on any atom is 0.325 e. The van der Waals surface area contributed by atoms with Crippen LogP contribution >= 0.6 is 0 Å². The van der Waals surface area contributed by atoms with Gasteiger partial charge in [-0.05, 0) is 32.6 Å². The fourth-order valence-electron chi connectivity index (χ4n) is 3.88. The van der Waals surface area contributed by atoms with Crippen LogP contribution in [-0.2, 0) is 23.9 Å². The molecule has 1 amide bonds. The molecule has 0 aromatic rings. The van der Waals surface area contributed by atoms with Gasteiger partial charge in [0.1, 0.15) is 6.54 Å². The Hall–Kier alpha value is -1.59. The van der Waals surface area contributed by atoms with Crippen molar-refractivity contribution in [3.05, 3.63) is 0 Å². The number of fused-ring (bicyclic) bond motifs is 1. The van der Waals surface area contributed by atoms with Gasteiger partial charge in [0.15, 0.2) is 0 Å². The molecule has 0 unspecified atom stereocenters. The monoisotopic (exact) mass is 311 g/mol. The third-order valence-corrected chi connectivity index (χ3v) is 4.78. The van der Waals surface area contributed by atoms with Gasteiger partial charge in [0.2, 0.25) is 5.91 Å². The van der Waals surface area contributed by atoms with Gasteiger partial charge < -0.3 is 14.4 Å². The van der Waals surface area contributed by atoms with Crippen molar-refractivity contribution in [3.63, 3.8) is 0 Å². The van der Waals surface area contributed by atoms with Gasteiger partial charge in [0, 0.05) is 6.42 Å². The quantitative estimate of drug-likeness (QED) is 0.698. The second-order valence-electron chi connectivity index (χ2n) is 6.02. The summed E-state index contributed by atoms with van der Waals surface area (Å²) in [5.41, 5.74) is -0.561. The first-order valence-electron chi connectivity index (χ1n) is 8.15. The molecule has 2 fully saturated rings. The number of hydrogen-bond donors (Lipinski definition) is 0. The zero-order chi connectivity index (χ0) is 16.2. The van der Waals surface area contributed by atoms with Crippen molar-refractivity contribution in [3.8, 4) is 0 Å². The van der Waals surface area contributed by atoms with Gasteiger partial charge in [0.25, 0.3) is 0 Å². The number of ether oxygens (including phenoxy) is 2. The summed E-state index contributed by atoms with van der Waals surface area (Å²) in [5, 5.41) is 0. The highest BCUT2D eigenvalue weighted by Crippen LogP contribution is 2.48. The first kappa shape index (κ1) is 16.8. The Balaban J connectivity index is 2.21. The molecule has 124 valence electrons. The van der Waals surface area contributed by atoms with Crippen molar-refractivity contribution in [1.29, 1.82) is 0 Å². The molecule has 1 aliphatic carbocycles. The average Bonchev–Trinajstić information content (AvgIpc) is 2.72. The lowest BCUT2D eigenvalue weighted by atomic mass is 9.71. The third kappa shape index (κ3) is 3.25. The van der Waals surface area contributed by atoms with E-state index in [1.54, 1.807) is 18.7 Å². The van der Waals surface area contributed by atoms with Gasteiger partial charge in [-0.1, -0.05) is 12.8 Å². The standard InChI is InChI=1S/C16H25NO5/c1-3-21-14(19)10-16-8-6-5-7-12(16)9-13(18)17(16)11-15(20)22-4-2/h12H,3-11H2,1-2H3/t12-,16+/m0/s1. The van der Waals surface area contributed by atoms with Crippen LogP contribution in [0.15, 0.2) is 0 Å². The Morgan fingerprint density at radius 3 is 2.55 bits per heavy atom. The largest absolute Gasteiger partial charge is 0.466 e. The molecule has 0 bridgehead atoms. The van der Waals surface area contributed by atoms with E-state index in [2.05, 4.69) is 0 Å². The van der Waals surface area contributed by atoms with Crippen LogP contribution in [0.4, 0.5) is 0 Å². The molecule has 22 heavy (non-hydrogen) atoms. The van der Waals surface area contributed by atoms with Gasteiger partial charge >= 0.3 is 11.9 Å². The fourth-order valence-corrected chi connectivity index (χ4v) is 3.88. The number of esters is 2. The number of rotatable bonds is 6. The zero-order valence-corrected chi connectivity index (χ0v) is 13.4. The van der Waals surface area contributed by atoms with Crippen LogP contribution in [0.2, 0.25) is 0 Å². The maximum absolute atomic E-state index is 12.4. The highest BCUT2D eigenvalue weighted by molar-refractivity contribution is 5.86. The average molecular weight is 311 g/mol. The van der Waals surface area contributed by atoms with Gasteiger partial charge in [-0.2, -0.15) is 0 Å². The normalized spacial score (nSPS) is 27.5. The van der Waals surface area contributed by atoms with E-state index in [1.807, 2.05) is 0 Å². The molecule has 2 aliphatic rings. The van der Waals surface area contributed by atoms with E-state index in [0.29, 0.717) is 13.0 Å². The molecule has 2 rings (SSSR count). The summed E-state index contributed by atoms with van der Waals surface area (Å²) in [6.45, 7) is 4.05. The van der Waals surface area contributed by atoms with Crippen LogP contribution in [-0.4, -0.2) is 48.0 Å². The molecule has 6 nitrogen and oxygen atoms in total. The second kappa shape index (κ2) is 7.11. The van der Waals surface area contributed by atoms with Crippen molar-refractivity contribution >= 4 is 17.8 Å². The summed E-state index contributed by atoms with van der Waals surface area (Å²) in [7, 11) is 0. The molecule has 1 saturated carbocycles. The van der Waals surface area contributed by atoms with Crippen molar-refractivity contribution in [2.24, 2.45) is 5.92 Å². The molecule has 0 aromatic heterocycles. The Bertz CT molecular complexity index is 450. The van der Waals surface area contributed by atoms with Crippen molar-refractivity contribution < 1.29 is 23.9 Å². The predicted octanol–water partition coefficient (Wildman–Crippen LogP) is 1.66. The van der Waals surface area contributed by atoms with Crippen LogP contribution in [0, 0.1) is 5.92 Å². The lowest BCUT2D eigenvalue weighted by Gasteiger charge is -2.44. The summed E-state index contributed by atoms with van der Waals surface area (Å²) in [5.74, 6) is -0.625. The first-order chi connectivity index (χ1) is 10.5. The SMILES string of the molecule is CCOC(=O)CN1C(=O)C[C@@H]2CCCC[C@@]21CC(=O)OCC. The van der Waals surface area contributed by atoms with Crippen LogP contribution in [0.3, 0.4) is 0 Å². The minimum Gasteiger partial charge on any atom is -0.466 e. The van der Waals surface area contributed by atoms with E-state index in [1.165, 1.54) is 0 Å². The van der Waals surface area contributed by atoms with Crippen LogP contribution in [0.5, 0.6) is 0 Å². The highest BCUT2D eigenvalue weighted by Gasteiger charge is 2.55.